The number of hydrogen-bond donors (Lipinski definition) is 3. The molecule has 1 aromatic heterocycles. The van der Waals surface area contributed by atoms with Crippen molar-refractivity contribution in [1.82, 2.24) is 15.5 Å². The summed E-state index contributed by atoms with van der Waals surface area (Å²) in [6.07, 6.45) is 3.53. The molecule has 1 aliphatic rings. The third-order valence-corrected chi connectivity index (χ3v) is 3.27. The van der Waals surface area contributed by atoms with Crippen molar-refractivity contribution in [3.63, 3.8) is 0 Å². The van der Waals surface area contributed by atoms with Crippen molar-refractivity contribution in [3.8, 4) is 0 Å². The van der Waals surface area contributed by atoms with E-state index < -0.39 is 0 Å². The van der Waals surface area contributed by atoms with E-state index in [1.54, 1.807) is 0 Å². The molecule has 0 radical (unpaired) electrons. The van der Waals surface area contributed by atoms with Crippen molar-refractivity contribution in [2.24, 2.45) is 5.92 Å². The molecular weight excluding hydrogens is 288 g/mol. The van der Waals surface area contributed by atoms with Crippen LogP contribution in [0.25, 0.3) is 0 Å². The van der Waals surface area contributed by atoms with Crippen LogP contribution < -0.4 is 16.2 Å². The number of aromatic nitrogens is 2. The van der Waals surface area contributed by atoms with Gasteiger partial charge in [-0.1, -0.05) is 0 Å². The minimum absolute atomic E-state index is 0.120. The van der Waals surface area contributed by atoms with E-state index in [1.807, 2.05) is 0 Å². The van der Waals surface area contributed by atoms with E-state index in [0.717, 1.165) is 12.8 Å². The van der Waals surface area contributed by atoms with Crippen LogP contribution in [0.2, 0.25) is 0 Å². The highest BCUT2D eigenvalue weighted by atomic mass is 79.9. The standard InChI is InChI=1S/C10H13BrN4O2/c11-8-7(5-14-15-10(8)17)12-3-4-13-9(16)6-1-2-6/h5-6H,1-4H2,(H,13,16)(H2,12,15,17). The first kappa shape index (κ1) is 12.1. The minimum Gasteiger partial charge on any atom is -0.381 e. The summed E-state index contributed by atoms with van der Waals surface area (Å²) in [6.45, 7) is 1.09. The van der Waals surface area contributed by atoms with Gasteiger partial charge in [0.15, 0.2) is 0 Å². The van der Waals surface area contributed by atoms with Crippen molar-refractivity contribution in [2.45, 2.75) is 12.8 Å². The summed E-state index contributed by atoms with van der Waals surface area (Å²) in [7, 11) is 0. The predicted octanol–water partition coefficient (Wildman–Crippen LogP) is 0.470. The zero-order valence-corrected chi connectivity index (χ0v) is 10.7. The van der Waals surface area contributed by atoms with Crippen LogP contribution in [0.1, 0.15) is 12.8 Å². The van der Waals surface area contributed by atoms with Crippen molar-refractivity contribution in [1.29, 1.82) is 0 Å². The molecule has 0 aromatic carbocycles. The van der Waals surface area contributed by atoms with Crippen LogP contribution in [0.3, 0.4) is 0 Å². The van der Waals surface area contributed by atoms with Gasteiger partial charge >= 0.3 is 0 Å². The molecule has 17 heavy (non-hydrogen) atoms. The topological polar surface area (TPSA) is 86.9 Å². The number of carbonyl (C=O) groups is 1. The lowest BCUT2D eigenvalue weighted by atomic mass is 10.4. The van der Waals surface area contributed by atoms with Gasteiger partial charge in [0.25, 0.3) is 5.56 Å². The molecule has 1 fully saturated rings. The quantitative estimate of drug-likeness (QED) is 0.690. The van der Waals surface area contributed by atoms with Crippen LogP contribution in [0.4, 0.5) is 5.69 Å². The maximum absolute atomic E-state index is 11.3. The number of anilines is 1. The Bertz CT molecular complexity index is 470. The lowest BCUT2D eigenvalue weighted by Crippen LogP contribution is -2.30. The summed E-state index contributed by atoms with van der Waals surface area (Å²) in [5.41, 5.74) is 0.339. The normalized spacial score (nSPS) is 14.4. The molecule has 6 nitrogen and oxygen atoms in total. The Hall–Kier alpha value is -1.37. The predicted molar refractivity (Wildman–Crippen MR) is 66.8 cm³/mol. The third kappa shape index (κ3) is 3.29. The number of hydrogen-bond acceptors (Lipinski definition) is 4. The van der Waals surface area contributed by atoms with Crippen LogP contribution >= 0.6 is 15.9 Å². The van der Waals surface area contributed by atoms with Crippen LogP contribution in [0.5, 0.6) is 0 Å². The first-order valence-corrected chi connectivity index (χ1v) is 6.22. The molecule has 1 saturated carbocycles. The average molecular weight is 301 g/mol. The summed E-state index contributed by atoms with van der Waals surface area (Å²) in [4.78, 5) is 22.5. The number of halogens is 1. The van der Waals surface area contributed by atoms with Gasteiger partial charge in [0.05, 0.1) is 11.9 Å². The molecule has 92 valence electrons. The highest BCUT2D eigenvalue weighted by Crippen LogP contribution is 2.28. The van der Waals surface area contributed by atoms with Gasteiger partial charge < -0.3 is 10.6 Å². The van der Waals surface area contributed by atoms with E-state index in [0.29, 0.717) is 23.2 Å². The van der Waals surface area contributed by atoms with Crippen molar-refractivity contribution in [3.05, 3.63) is 21.0 Å². The van der Waals surface area contributed by atoms with Gasteiger partial charge in [0, 0.05) is 19.0 Å². The van der Waals surface area contributed by atoms with Crippen molar-refractivity contribution >= 4 is 27.5 Å². The molecule has 1 aliphatic carbocycles. The summed E-state index contributed by atoms with van der Waals surface area (Å²) < 4.78 is 0.418. The van der Waals surface area contributed by atoms with Crippen molar-refractivity contribution in [2.75, 3.05) is 18.4 Å². The fourth-order valence-electron chi connectivity index (χ4n) is 1.38. The van der Waals surface area contributed by atoms with E-state index >= 15 is 0 Å². The highest BCUT2D eigenvalue weighted by Gasteiger charge is 2.28. The maximum Gasteiger partial charge on any atom is 0.280 e. The SMILES string of the molecule is O=C(NCCNc1cn[nH]c(=O)c1Br)C1CC1. The molecule has 0 aliphatic heterocycles. The van der Waals surface area contributed by atoms with Gasteiger partial charge in [-0.2, -0.15) is 5.10 Å². The monoisotopic (exact) mass is 300 g/mol. The number of H-pyrrole nitrogens is 1. The zero-order valence-electron chi connectivity index (χ0n) is 9.12. The number of carbonyl (C=O) groups excluding carboxylic acids is 1. The minimum atomic E-state index is -0.281. The van der Waals surface area contributed by atoms with Crippen molar-refractivity contribution < 1.29 is 4.79 Å². The summed E-state index contributed by atoms with van der Waals surface area (Å²) in [6, 6.07) is 0. The first-order chi connectivity index (χ1) is 8.18. The Morgan fingerprint density at radius 2 is 2.29 bits per heavy atom. The Kier molecular flexibility index (Phi) is 3.78. The molecule has 0 atom stereocenters. The Morgan fingerprint density at radius 1 is 1.53 bits per heavy atom. The number of nitrogens with one attached hydrogen (secondary N) is 3. The first-order valence-electron chi connectivity index (χ1n) is 5.43. The van der Waals surface area contributed by atoms with Crippen LogP contribution in [-0.2, 0) is 4.79 Å². The summed E-state index contributed by atoms with van der Waals surface area (Å²) >= 11 is 3.16. The number of aromatic amines is 1. The Balaban J connectivity index is 1.76. The third-order valence-electron chi connectivity index (χ3n) is 2.48. The van der Waals surface area contributed by atoms with Crippen LogP contribution in [0.15, 0.2) is 15.5 Å². The van der Waals surface area contributed by atoms with E-state index in [1.165, 1.54) is 6.20 Å². The molecule has 1 heterocycles. The van der Waals surface area contributed by atoms with E-state index in [9.17, 15) is 9.59 Å². The maximum atomic E-state index is 11.3. The van der Waals surface area contributed by atoms with Gasteiger partial charge in [-0.15, -0.1) is 0 Å². The Labute approximate surface area is 106 Å². The number of amides is 1. The van der Waals surface area contributed by atoms with Gasteiger partial charge in [-0.25, -0.2) is 5.10 Å². The molecule has 0 bridgehead atoms. The highest BCUT2D eigenvalue weighted by molar-refractivity contribution is 9.10. The fourth-order valence-corrected chi connectivity index (χ4v) is 1.71. The van der Waals surface area contributed by atoms with E-state index in [-0.39, 0.29) is 17.4 Å². The van der Waals surface area contributed by atoms with Gasteiger partial charge in [0.1, 0.15) is 4.47 Å². The fraction of sp³-hybridized carbons (Fsp3) is 0.500. The summed E-state index contributed by atoms with van der Waals surface area (Å²) in [5, 5.41) is 11.8. The second-order valence-electron chi connectivity index (χ2n) is 3.92. The zero-order chi connectivity index (χ0) is 12.3. The van der Waals surface area contributed by atoms with Crippen LogP contribution in [0, 0.1) is 5.92 Å². The smallest absolute Gasteiger partial charge is 0.280 e. The average Bonchev–Trinajstić information content (AvgIpc) is 3.13. The molecule has 2 rings (SSSR count). The lowest BCUT2D eigenvalue weighted by molar-refractivity contribution is -0.122. The largest absolute Gasteiger partial charge is 0.381 e. The molecule has 1 amide bonds. The molecule has 0 unspecified atom stereocenters. The van der Waals surface area contributed by atoms with Gasteiger partial charge in [-0.3, -0.25) is 9.59 Å². The molecule has 7 heteroatoms. The number of nitrogens with zero attached hydrogens (tertiary/aromatic N) is 1. The van der Waals surface area contributed by atoms with E-state index in [2.05, 4.69) is 36.8 Å². The molecule has 1 aromatic rings. The number of rotatable bonds is 5. The molecular formula is C10H13BrN4O2. The van der Waals surface area contributed by atoms with Gasteiger partial charge in [-0.05, 0) is 28.8 Å². The second-order valence-corrected chi connectivity index (χ2v) is 4.71. The molecule has 0 saturated heterocycles. The van der Waals surface area contributed by atoms with Crippen LogP contribution in [-0.4, -0.2) is 29.2 Å². The lowest BCUT2D eigenvalue weighted by Gasteiger charge is -2.08. The molecule has 0 spiro atoms. The van der Waals surface area contributed by atoms with Gasteiger partial charge in [0.2, 0.25) is 5.91 Å². The summed E-state index contributed by atoms with van der Waals surface area (Å²) in [5.74, 6) is 0.345. The second kappa shape index (κ2) is 5.31. The Morgan fingerprint density at radius 3 is 3.00 bits per heavy atom. The van der Waals surface area contributed by atoms with E-state index in [4.69, 9.17) is 0 Å². The molecule has 3 N–H and O–H groups in total.